The lowest BCUT2D eigenvalue weighted by atomic mass is 9.97. The van der Waals surface area contributed by atoms with Crippen LogP contribution in [0.3, 0.4) is 0 Å². The number of anilines is 1. The first-order chi connectivity index (χ1) is 10.2. The molecule has 0 radical (unpaired) electrons. The van der Waals surface area contributed by atoms with Crippen molar-refractivity contribution < 1.29 is 9.53 Å². The maximum atomic E-state index is 11.1. The molecule has 1 aliphatic rings. The van der Waals surface area contributed by atoms with E-state index in [1.165, 1.54) is 33.0 Å². The predicted octanol–water partition coefficient (Wildman–Crippen LogP) is 2.39. The predicted molar refractivity (Wildman–Crippen MR) is 85.8 cm³/mol. The van der Waals surface area contributed by atoms with Gasteiger partial charge in [0, 0.05) is 18.3 Å². The van der Waals surface area contributed by atoms with Crippen molar-refractivity contribution in [1.29, 1.82) is 0 Å². The van der Waals surface area contributed by atoms with Gasteiger partial charge in [0.15, 0.2) is 5.13 Å². The van der Waals surface area contributed by atoms with E-state index in [4.69, 9.17) is 0 Å². The van der Waals surface area contributed by atoms with Crippen molar-refractivity contribution >= 4 is 22.4 Å². The molecule has 6 heteroatoms. The van der Waals surface area contributed by atoms with Crippen LogP contribution in [0.15, 0.2) is 5.38 Å². The SMILES string of the molecule is CCN1CCC(CNc2nc(CCC(=O)OC)cs2)CC1. The van der Waals surface area contributed by atoms with Crippen molar-refractivity contribution in [2.75, 3.05) is 38.6 Å². The topological polar surface area (TPSA) is 54.5 Å². The Labute approximate surface area is 130 Å². The van der Waals surface area contributed by atoms with Crippen LogP contribution in [0.1, 0.15) is 31.9 Å². The Kier molecular flexibility index (Phi) is 6.45. The fourth-order valence-corrected chi connectivity index (χ4v) is 3.33. The van der Waals surface area contributed by atoms with Gasteiger partial charge in [0.25, 0.3) is 0 Å². The molecule has 0 unspecified atom stereocenters. The Hall–Kier alpha value is -1.14. The van der Waals surface area contributed by atoms with Crippen LogP contribution >= 0.6 is 11.3 Å². The normalized spacial score (nSPS) is 16.9. The van der Waals surface area contributed by atoms with Crippen molar-refractivity contribution in [3.05, 3.63) is 11.1 Å². The number of esters is 1. The number of rotatable bonds is 7. The highest BCUT2D eigenvalue weighted by Gasteiger charge is 2.18. The van der Waals surface area contributed by atoms with Gasteiger partial charge in [-0.15, -0.1) is 11.3 Å². The third kappa shape index (κ3) is 5.28. The molecule has 2 heterocycles. The Morgan fingerprint density at radius 1 is 1.52 bits per heavy atom. The molecule has 0 aromatic carbocycles. The van der Waals surface area contributed by atoms with Crippen LogP contribution in [0.2, 0.25) is 0 Å². The average molecular weight is 311 g/mol. The first kappa shape index (κ1) is 16.2. The van der Waals surface area contributed by atoms with Gasteiger partial charge in [-0.25, -0.2) is 4.98 Å². The van der Waals surface area contributed by atoms with Gasteiger partial charge in [-0.1, -0.05) is 6.92 Å². The molecule has 1 aromatic heterocycles. The van der Waals surface area contributed by atoms with Gasteiger partial charge >= 0.3 is 5.97 Å². The standard InChI is InChI=1S/C15H25N3O2S/c1-3-18-8-6-12(7-9-18)10-16-15-17-13(11-21-15)4-5-14(19)20-2/h11-12H,3-10H2,1-2H3,(H,16,17). The van der Waals surface area contributed by atoms with Crippen molar-refractivity contribution in [1.82, 2.24) is 9.88 Å². The molecule has 0 atom stereocenters. The van der Waals surface area contributed by atoms with Gasteiger partial charge in [0.05, 0.1) is 19.2 Å². The first-order valence-corrected chi connectivity index (χ1v) is 8.56. The minimum absolute atomic E-state index is 0.180. The molecule has 1 fully saturated rings. The number of carbonyl (C=O) groups excluding carboxylic acids is 1. The molecule has 0 amide bonds. The monoisotopic (exact) mass is 311 g/mol. The van der Waals surface area contributed by atoms with E-state index in [2.05, 4.69) is 26.9 Å². The Bertz CT molecular complexity index is 442. The van der Waals surface area contributed by atoms with E-state index in [1.807, 2.05) is 5.38 Å². The van der Waals surface area contributed by atoms with E-state index >= 15 is 0 Å². The summed E-state index contributed by atoms with van der Waals surface area (Å²) in [5.41, 5.74) is 0.966. The number of nitrogens with one attached hydrogen (secondary N) is 1. The number of hydrogen-bond acceptors (Lipinski definition) is 6. The molecule has 0 aliphatic carbocycles. The van der Waals surface area contributed by atoms with Crippen molar-refractivity contribution in [2.24, 2.45) is 5.92 Å². The number of piperidine rings is 1. The van der Waals surface area contributed by atoms with Gasteiger partial charge in [0.2, 0.25) is 0 Å². The zero-order chi connectivity index (χ0) is 15.1. The van der Waals surface area contributed by atoms with Crippen molar-refractivity contribution in [3.63, 3.8) is 0 Å². The van der Waals surface area contributed by atoms with E-state index in [0.29, 0.717) is 12.8 Å². The summed E-state index contributed by atoms with van der Waals surface area (Å²) < 4.78 is 4.64. The largest absolute Gasteiger partial charge is 0.469 e. The minimum Gasteiger partial charge on any atom is -0.469 e. The lowest BCUT2D eigenvalue weighted by Gasteiger charge is -2.30. The molecular formula is C15H25N3O2S. The maximum Gasteiger partial charge on any atom is 0.305 e. The second-order valence-electron chi connectivity index (χ2n) is 5.48. The number of thiazole rings is 1. The number of ether oxygens (including phenoxy) is 1. The summed E-state index contributed by atoms with van der Waals surface area (Å²) >= 11 is 1.62. The van der Waals surface area contributed by atoms with Crippen LogP contribution in [-0.2, 0) is 16.0 Å². The number of hydrogen-bond donors (Lipinski definition) is 1. The van der Waals surface area contributed by atoms with E-state index in [0.717, 1.165) is 29.8 Å². The zero-order valence-electron chi connectivity index (χ0n) is 12.9. The van der Waals surface area contributed by atoms with Crippen LogP contribution in [0.5, 0.6) is 0 Å². The van der Waals surface area contributed by atoms with Crippen LogP contribution in [-0.4, -0.2) is 49.1 Å². The number of methoxy groups -OCH3 is 1. The summed E-state index contributed by atoms with van der Waals surface area (Å²) in [6.45, 7) is 6.82. The molecular weight excluding hydrogens is 286 g/mol. The lowest BCUT2D eigenvalue weighted by molar-refractivity contribution is -0.140. The lowest BCUT2D eigenvalue weighted by Crippen LogP contribution is -2.35. The molecule has 118 valence electrons. The molecule has 1 aromatic rings. The first-order valence-electron chi connectivity index (χ1n) is 7.68. The van der Waals surface area contributed by atoms with Crippen LogP contribution < -0.4 is 5.32 Å². The summed E-state index contributed by atoms with van der Waals surface area (Å²) in [6.07, 6.45) is 3.58. The van der Waals surface area contributed by atoms with E-state index in [-0.39, 0.29) is 5.97 Å². The maximum absolute atomic E-state index is 11.1. The Morgan fingerprint density at radius 2 is 2.29 bits per heavy atom. The smallest absolute Gasteiger partial charge is 0.305 e. The summed E-state index contributed by atoms with van der Waals surface area (Å²) in [5.74, 6) is 0.565. The second-order valence-corrected chi connectivity index (χ2v) is 6.34. The quantitative estimate of drug-likeness (QED) is 0.784. The number of carbonyl (C=O) groups is 1. The Balaban J connectivity index is 1.69. The van der Waals surface area contributed by atoms with E-state index in [9.17, 15) is 4.79 Å². The van der Waals surface area contributed by atoms with Crippen molar-refractivity contribution in [3.8, 4) is 0 Å². The van der Waals surface area contributed by atoms with Gasteiger partial charge in [0.1, 0.15) is 0 Å². The van der Waals surface area contributed by atoms with Gasteiger partial charge in [-0.05, 0) is 38.4 Å². The highest BCUT2D eigenvalue weighted by atomic mass is 32.1. The molecule has 0 bridgehead atoms. The molecule has 21 heavy (non-hydrogen) atoms. The number of likely N-dealkylation sites (tertiary alicyclic amines) is 1. The van der Waals surface area contributed by atoms with Crippen LogP contribution in [0, 0.1) is 5.92 Å². The molecule has 0 spiro atoms. The number of aromatic nitrogens is 1. The van der Waals surface area contributed by atoms with E-state index in [1.54, 1.807) is 11.3 Å². The van der Waals surface area contributed by atoms with E-state index < -0.39 is 0 Å². The fraction of sp³-hybridized carbons (Fsp3) is 0.733. The molecule has 1 N–H and O–H groups in total. The second kappa shape index (κ2) is 8.34. The summed E-state index contributed by atoms with van der Waals surface area (Å²) in [4.78, 5) is 18.1. The fourth-order valence-electron chi connectivity index (χ4n) is 2.57. The summed E-state index contributed by atoms with van der Waals surface area (Å²) in [5, 5.41) is 6.43. The molecule has 1 aliphatic heterocycles. The summed E-state index contributed by atoms with van der Waals surface area (Å²) in [7, 11) is 1.42. The molecule has 2 rings (SSSR count). The highest BCUT2D eigenvalue weighted by Crippen LogP contribution is 2.20. The third-order valence-electron chi connectivity index (χ3n) is 4.06. The van der Waals surface area contributed by atoms with Gasteiger partial charge in [-0.2, -0.15) is 0 Å². The van der Waals surface area contributed by atoms with Gasteiger partial charge in [-0.3, -0.25) is 4.79 Å². The van der Waals surface area contributed by atoms with Gasteiger partial charge < -0.3 is 15.0 Å². The average Bonchev–Trinajstić information content (AvgIpc) is 2.99. The number of aryl methyl sites for hydroxylation is 1. The van der Waals surface area contributed by atoms with Crippen molar-refractivity contribution in [2.45, 2.75) is 32.6 Å². The number of nitrogens with zero attached hydrogens (tertiary/aromatic N) is 2. The molecule has 1 saturated heterocycles. The molecule has 0 saturated carbocycles. The zero-order valence-corrected chi connectivity index (χ0v) is 13.7. The minimum atomic E-state index is -0.180. The highest BCUT2D eigenvalue weighted by molar-refractivity contribution is 7.13. The van der Waals surface area contributed by atoms with Crippen LogP contribution in [0.4, 0.5) is 5.13 Å². The summed E-state index contributed by atoms with van der Waals surface area (Å²) in [6, 6.07) is 0. The molecule has 5 nitrogen and oxygen atoms in total. The Morgan fingerprint density at radius 3 is 2.95 bits per heavy atom. The third-order valence-corrected chi connectivity index (χ3v) is 4.91. The van der Waals surface area contributed by atoms with Crippen LogP contribution in [0.25, 0.3) is 0 Å².